The van der Waals surface area contributed by atoms with Crippen molar-refractivity contribution < 1.29 is 4.79 Å². The molecule has 0 atom stereocenters. The van der Waals surface area contributed by atoms with E-state index in [0.29, 0.717) is 11.4 Å². The van der Waals surface area contributed by atoms with Gasteiger partial charge in [-0.3, -0.25) is 4.79 Å². The number of rotatable bonds is 1. The van der Waals surface area contributed by atoms with Crippen molar-refractivity contribution in [3.8, 4) is 0 Å². The molecule has 4 N–H and O–H groups in total. The molecule has 1 aliphatic rings. The molecule has 4 nitrogen and oxygen atoms in total. The molecular weight excluding hydrogens is 246 g/mol. The summed E-state index contributed by atoms with van der Waals surface area (Å²) in [5, 5.41) is 2.01. The monoisotopic (exact) mass is 257 g/mol. The number of carbonyl (C=O) groups is 1. The molecule has 0 saturated heterocycles. The molecule has 0 spiro atoms. The van der Waals surface area contributed by atoms with E-state index in [-0.39, 0.29) is 0 Å². The van der Waals surface area contributed by atoms with E-state index in [9.17, 15) is 4.79 Å². The Morgan fingerprint density at radius 1 is 1.28 bits per heavy atom. The minimum atomic E-state index is -0.453. The van der Waals surface area contributed by atoms with Crippen LogP contribution in [0.5, 0.6) is 0 Å². The summed E-state index contributed by atoms with van der Waals surface area (Å²) >= 11 is 1.58. The normalized spacial score (nSPS) is 13.2. The molecule has 1 amide bonds. The Labute approximate surface area is 108 Å². The maximum absolute atomic E-state index is 11.2. The largest absolute Gasteiger partial charge is 0.382 e. The van der Waals surface area contributed by atoms with Gasteiger partial charge < -0.3 is 11.5 Å². The number of aliphatic imine (C=N–C) groups is 1. The van der Waals surface area contributed by atoms with E-state index in [2.05, 4.69) is 11.1 Å². The van der Waals surface area contributed by atoms with E-state index in [0.717, 1.165) is 22.5 Å². The van der Waals surface area contributed by atoms with Crippen molar-refractivity contribution in [3.05, 3.63) is 51.2 Å². The number of hydrogen-bond donors (Lipinski definition) is 2. The number of carbonyl (C=O) groups excluding carboxylic acids is 1. The third-order valence-electron chi connectivity index (χ3n) is 2.97. The molecule has 90 valence electrons. The van der Waals surface area contributed by atoms with Crippen LogP contribution in [-0.2, 0) is 6.42 Å². The van der Waals surface area contributed by atoms with E-state index in [1.165, 1.54) is 5.56 Å². The second-order valence-corrected chi connectivity index (χ2v) is 5.07. The Morgan fingerprint density at radius 3 is 2.89 bits per heavy atom. The number of amidine groups is 1. The van der Waals surface area contributed by atoms with Crippen molar-refractivity contribution >= 4 is 28.8 Å². The van der Waals surface area contributed by atoms with Gasteiger partial charge in [-0.25, -0.2) is 4.99 Å². The second-order valence-electron chi connectivity index (χ2n) is 4.16. The van der Waals surface area contributed by atoms with Gasteiger partial charge in [0.25, 0.3) is 0 Å². The highest BCUT2D eigenvalue weighted by Gasteiger charge is 2.16. The fraction of sp³-hybridized carbons (Fsp3) is 0.0769. The van der Waals surface area contributed by atoms with E-state index in [1.54, 1.807) is 23.5 Å². The zero-order valence-electron chi connectivity index (χ0n) is 9.51. The molecule has 2 heterocycles. The molecule has 0 fully saturated rings. The van der Waals surface area contributed by atoms with Gasteiger partial charge in [-0.1, -0.05) is 6.07 Å². The van der Waals surface area contributed by atoms with Crippen molar-refractivity contribution in [3.63, 3.8) is 0 Å². The Morgan fingerprint density at radius 2 is 2.11 bits per heavy atom. The number of primary amides is 1. The van der Waals surface area contributed by atoms with Gasteiger partial charge in [-0.2, -0.15) is 0 Å². The number of fused-ring (bicyclic) bond motifs is 2. The molecule has 18 heavy (non-hydrogen) atoms. The van der Waals surface area contributed by atoms with Crippen molar-refractivity contribution in [2.24, 2.45) is 16.5 Å². The van der Waals surface area contributed by atoms with Crippen LogP contribution in [0.3, 0.4) is 0 Å². The molecular formula is C13H11N3OS. The van der Waals surface area contributed by atoms with Crippen molar-refractivity contribution in [1.29, 1.82) is 0 Å². The number of thiophene rings is 1. The third kappa shape index (κ3) is 1.69. The molecule has 0 radical (unpaired) electrons. The smallest absolute Gasteiger partial charge is 0.248 e. The quantitative estimate of drug-likeness (QED) is 0.816. The van der Waals surface area contributed by atoms with Crippen LogP contribution in [0.15, 0.2) is 34.6 Å². The van der Waals surface area contributed by atoms with Crippen molar-refractivity contribution in [2.45, 2.75) is 6.42 Å². The van der Waals surface area contributed by atoms with Crippen LogP contribution >= 0.6 is 11.3 Å². The molecule has 0 aliphatic carbocycles. The van der Waals surface area contributed by atoms with Crippen molar-refractivity contribution in [1.82, 2.24) is 0 Å². The minimum Gasteiger partial charge on any atom is -0.382 e. The van der Waals surface area contributed by atoms with Gasteiger partial charge in [0.15, 0.2) is 0 Å². The molecule has 1 aromatic carbocycles. The molecule has 0 bridgehead atoms. The molecule has 0 saturated carbocycles. The van der Waals surface area contributed by atoms with Gasteiger partial charge in [-0.15, -0.1) is 11.3 Å². The lowest BCUT2D eigenvalue weighted by Crippen LogP contribution is -2.12. The standard InChI is InChI=1S/C13H11N3OS/c14-12-11-8(3-4-18-11)5-7-1-2-9(13(15)17)6-10(7)16-12/h1-4,6H,5H2,(H2,14,16)(H2,15,17). The maximum atomic E-state index is 11.2. The highest BCUT2D eigenvalue weighted by atomic mass is 32.1. The summed E-state index contributed by atoms with van der Waals surface area (Å²) in [5.74, 6) is 0.0472. The SMILES string of the molecule is NC(=O)c1ccc2c(c1)N=C(N)c1sccc1C2. The van der Waals surface area contributed by atoms with Gasteiger partial charge in [0.05, 0.1) is 10.6 Å². The molecule has 1 aromatic heterocycles. The fourth-order valence-electron chi connectivity index (χ4n) is 2.06. The summed E-state index contributed by atoms with van der Waals surface area (Å²) < 4.78 is 0. The summed E-state index contributed by atoms with van der Waals surface area (Å²) in [5.41, 5.74) is 14.7. The van der Waals surface area contributed by atoms with E-state index < -0.39 is 5.91 Å². The molecule has 5 heteroatoms. The Kier molecular flexibility index (Phi) is 2.41. The molecule has 2 aromatic rings. The van der Waals surface area contributed by atoms with E-state index in [1.807, 2.05) is 11.4 Å². The average molecular weight is 257 g/mol. The van der Waals surface area contributed by atoms with Gasteiger partial charge >= 0.3 is 0 Å². The van der Waals surface area contributed by atoms with Crippen LogP contribution in [0.2, 0.25) is 0 Å². The first kappa shape index (κ1) is 11.0. The lowest BCUT2D eigenvalue weighted by Gasteiger charge is -2.04. The van der Waals surface area contributed by atoms with Crippen LogP contribution in [0.1, 0.15) is 26.4 Å². The zero-order chi connectivity index (χ0) is 12.7. The maximum Gasteiger partial charge on any atom is 0.248 e. The fourth-order valence-corrected chi connectivity index (χ4v) is 2.88. The molecule has 1 aliphatic heterocycles. The summed E-state index contributed by atoms with van der Waals surface area (Å²) in [7, 11) is 0. The predicted molar refractivity (Wildman–Crippen MR) is 72.5 cm³/mol. The summed E-state index contributed by atoms with van der Waals surface area (Å²) in [6, 6.07) is 7.36. The zero-order valence-corrected chi connectivity index (χ0v) is 10.3. The van der Waals surface area contributed by atoms with Crippen LogP contribution in [0.25, 0.3) is 0 Å². The number of hydrogen-bond acceptors (Lipinski definition) is 4. The number of nitrogens with two attached hydrogens (primary N) is 2. The van der Waals surface area contributed by atoms with Crippen LogP contribution in [0, 0.1) is 0 Å². The van der Waals surface area contributed by atoms with Gasteiger partial charge in [0.1, 0.15) is 5.84 Å². The number of amides is 1. The lowest BCUT2D eigenvalue weighted by atomic mass is 10.0. The summed E-state index contributed by atoms with van der Waals surface area (Å²) in [6.07, 6.45) is 0.775. The van der Waals surface area contributed by atoms with Gasteiger partial charge in [-0.05, 0) is 34.7 Å². The molecule has 0 unspecified atom stereocenters. The second kappa shape index (κ2) is 3.96. The first-order valence-electron chi connectivity index (χ1n) is 5.49. The Hall–Kier alpha value is -2.14. The number of nitrogens with zero attached hydrogens (tertiary/aromatic N) is 1. The van der Waals surface area contributed by atoms with Gasteiger partial charge in [0, 0.05) is 12.0 Å². The van der Waals surface area contributed by atoms with Crippen LogP contribution in [-0.4, -0.2) is 11.7 Å². The Balaban J connectivity index is 2.18. The van der Waals surface area contributed by atoms with E-state index >= 15 is 0 Å². The average Bonchev–Trinajstić information content (AvgIpc) is 2.74. The van der Waals surface area contributed by atoms with Crippen LogP contribution in [0.4, 0.5) is 5.69 Å². The lowest BCUT2D eigenvalue weighted by molar-refractivity contribution is 0.100. The first-order chi connectivity index (χ1) is 8.65. The highest BCUT2D eigenvalue weighted by Crippen LogP contribution is 2.30. The first-order valence-corrected chi connectivity index (χ1v) is 6.37. The number of benzene rings is 1. The molecule has 3 rings (SSSR count). The van der Waals surface area contributed by atoms with E-state index in [4.69, 9.17) is 11.5 Å². The summed E-state index contributed by atoms with van der Waals surface area (Å²) in [6.45, 7) is 0. The van der Waals surface area contributed by atoms with Gasteiger partial charge in [0.2, 0.25) is 5.91 Å². The van der Waals surface area contributed by atoms with Crippen LogP contribution < -0.4 is 11.5 Å². The summed E-state index contributed by atoms with van der Waals surface area (Å²) in [4.78, 5) is 16.6. The topological polar surface area (TPSA) is 81.5 Å². The Bertz CT molecular complexity index is 673. The van der Waals surface area contributed by atoms with Crippen molar-refractivity contribution in [2.75, 3.05) is 0 Å². The minimum absolute atomic E-state index is 0.453. The third-order valence-corrected chi connectivity index (χ3v) is 3.95. The highest BCUT2D eigenvalue weighted by molar-refractivity contribution is 7.12. The predicted octanol–water partition coefficient (Wildman–Crippen LogP) is 1.79.